The number of carbonyl (C=O) groups excluding carboxylic acids is 4. The van der Waals surface area contributed by atoms with Gasteiger partial charge in [0.05, 0.1) is 21.8 Å². The van der Waals surface area contributed by atoms with Gasteiger partial charge in [-0.2, -0.15) is 0 Å². The zero-order valence-corrected chi connectivity index (χ0v) is 16.0. The maximum absolute atomic E-state index is 12.2. The van der Waals surface area contributed by atoms with Crippen molar-refractivity contribution in [2.45, 2.75) is 18.9 Å². The number of thiophene rings is 1. The van der Waals surface area contributed by atoms with Crippen LogP contribution in [0.15, 0.2) is 15.9 Å². The first-order valence-electron chi connectivity index (χ1n) is 7.73. The van der Waals surface area contributed by atoms with E-state index in [2.05, 4.69) is 31.9 Å². The van der Waals surface area contributed by atoms with Crippen molar-refractivity contribution < 1.29 is 19.2 Å². The van der Waals surface area contributed by atoms with Crippen molar-refractivity contribution in [2.24, 2.45) is 0 Å². The highest BCUT2D eigenvalue weighted by Crippen LogP contribution is 2.21. The standard InChI is InChI=1S/C15H19BrN4O4S/c1-17-14(23)9-3-2-6-20(9)13(22)8-18-12(21)7-19-15(24)10-4-5-11(16)25-10/h4-5,9H,2-3,6-8H2,1H3,(H,17,23)(H,18,21)(H,19,24). The topological polar surface area (TPSA) is 108 Å². The van der Waals surface area contributed by atoms with Crippen molar-refractivity contribution in [3.8, 4) is 0 Å². The maximum atomic E-state index is 12.2. The van der Waals surface area contributed by atoms with Crippen LogP contribution in [0, 0.1) is 0 Å². The Labute approximate surface area is 157 Å². The number of carbonyl (C=O) groups is 4. The van der Waals surface area contributed by atoms with Gasteiger partial charge in [-0.05, 0) is 40.9 Å². The van der Waals surface area contributed by atoms with E-state index in [9.17, 15) is 19.2 Å². The summed E-state index contributed by atoms with van der Waals surface area (Å²) in [5.41, 5.74) is 0. The molecule has 1 aromatic rings. The number of amides is 4. The summed E-state index contributed by atoms with van der Waals surface area (Å²) in [6.07, 6.45) is 1.37. The normalized spacial score (nSPS) is 16.4. The Morgan fingerprint density at radius 1 is 1.24 bits per heavy atom. The highest BCUT2D eigenvalue weighted by molar-refractivity contribution is 9.11. The number of hydrogen-bond donors (Lipinski definition) is 3. The van der Waals surface area contributed by atoms with Gasteiger partial charge in [0.15, 0.2) is 0 Å². The third-order valence-corrected chi connectivity index (χ3v) is 5.39. The van der Waals surface area contributed by atoms with Crippen LogP contribution in [0.2, 0.25) is 0 Å². The fraction of sp³-hybridized carbons (Fsp3) is 0.467. The molecule has 0 radical (unpaired) electrons. The van der Waals surface area contributed by atoms with Crippen LogP contribution in [0.25, 0.3) is 0 Å². The molecule has 2 rings (SSSR count). The summed E-state index contributed by atoms with van der Waals surface area (Å²) in [7, 11) is 1.53. The average Bonchev–Trinajstić information content (AvgIpc) is 3.25. The summed E-state index contributed by atoms with van der Waals surface area (Å²) in [6, 6.07) is 2.92. The first kappa shape index (κ1) is 19.4. The van der Waals surface area contributed by atoms with Gasteiger partial charge in [0, 0.05) is 13.6 Å². The molecular weight excluding hydrogens is 412 g/mol. The van der Waals surface area contributed by atoms with Gasteiger partial charge in [0.1, 0.15) is 6.04 Å². The van der Waals surface area contributed by atoms with Gasteiger partial charge in [0.2, 0.25) is 17.7 Å². The molecule has 1 fully saturated rings. The molecule has 0 aromatic carbocycles. The Balaban J connectivity index is 1.75. The van der Waals surface area contributed by atoms with E-state index in [-0.39, 0.29) is 30.8 Å². The molecule has 1 aliphatic rings. The number of nitrogens with zero attached hydrogens (tertiary/aromatic N) is 1. The van der Waals surface area contributed by atoms with Crippen molar-refractivity contribution in [3.63, 3.8) is 0 Å². The summed E-state index contributed by atoms with van der Waals surface area (Å²) < 4.78 is 0.823. The molecule has 1 atom stereocenters. The second kappa shape index (κ2) is 8.95. The van der Waals surface area contributed by atoms with Gasteiger partial charge < -0.3 is 20.9 Å². The van der Waals surface area contributed by atoms with Crippen LogP contribution in [-0.4, -0.2) is 61.3 Å². The van der Waals surface area contributed by atoms with Crippen LogP contribution >= 0.6 is 27.3 Å². The van der Waals surface area contributed by atoms with E-state index >= 15 is 0 Å². The van der Waals surface area contributed by atoms with Gasteiger partial charge in [-0.3, -0.25) is 19.2 Å². The van der Waals surface area contributed by atoms with Crippen LogP contribution in [0.1, 0.15) is 22.5 Å². The van der Waals surface area contributed by atoms with E-state index < -0.39 is 11.9 Å². The van der Waals surface area contributed by atoms with Crippen LogP contribution < -0.4 is 16.0 Å². The third-order valence-electron chi connectivity index (χ3n) is 3.77. The maximum Gasteiger partial charge on any atom is 0.261 e. The van der Waals surface area contributed by atoms with Crippen molar-refractivity contribution in [1.82, 2.24) is 20.9 Å². The smallest absolute Gasteiger partial charge is 0.261 e. The second-order valence-electron chi connectivity index (χ2n) is 5.42. The van der Waals surface area contributed by atoms with Gasteiger partial charge in [0.25, 0.3) is 5.91 Å². The lowest BCUT2D eigenvalue weighted by molar-refractivity contribution is -0.138. The number of halogens is 1. The highest BCUT2D eigenvalue weighted by atomic mass is 79.9. The summed E-state index contributed by atoms with van der Waals surface area (Å²) in [5.74, 6) is -1.33. The molecule has 0 bridgehead atoms. The number of likely N-dealkylation sites (tertiary alicyclic amines) is 1. The Kier molecular flexibility index (Phi) is 6.94. The van der Waals surface area contributed by atoms with E-state index in [1.54, 1.807) is 12.1 Å². The second-order valence-corrected chi connectivity index (χ2v) is 7.89. The molecule has 10 heteroatoms. The van der Waals surface area contributed by atoms with Crippen LogP contribution in [0.4, 0.5) is 0 Å². The zero-order chi connectivity index (χ0) is 18.4. The molecule has 25 heavy (non-hydrogen) atoms. The molecule has 0 aliphatic carbocycles. The monoisotopic (exact) mass is 430 g/mol. The van der Waals surface area contributed by atoms with E-state index in [1.165, 1.54) is 23.3 Å². The molecule has 4 amide bonds. The third kappa shape index (κ3) is 5.27. The van der Waals surface area contributed by atoms with Crippen LogP contribution in [0.5, 0.6) is 0 Å². The van der Waals surface area contributed by atoms with Crippen LogP contribution in [-0.2, 0) is 14.4 Å². The minimum absolute atomic E-state index is 0.202. The number of likely N-dealkylation sites (N-methyl/N-ethyl adjacent to an activating group) is 1. The van der Waals surface area contributed by atoms with Gasteiger partial charge in [-0.15, -0.1) is 11.3 Å². The van der Waals surface area contributed by atoms with Gasteiger partial charge in [-0.25, -0.2) is 0 Å². The van der Waals surface area contributed by atoms with E-state index in [1.807, 2.05) is 0 Å². The fourth-order valence-corrected chi connectivity index (χ4v) is 3.83. The Morgan fingerprint density at radius 3 is 2.64 bits per heavy atom. The van der Waals surface area contributed by atoms with E-state index in [0.29, 0.717) is 17.8 Å². The van der Waals surface area contributed by atoms with E-state index in [0.717, 1.165) is 10.2 Å². The van der Waals surface area contributed by atoms with Gasteiger partial charge in [-0.1, -0.05) is 0 Å². The lowest BCUT2D eigenvalue weighted by Gasteiger charge is -2.23. The molecule has 1 saturated heterocycles. The number of nitrogens with one attached hydrogen (secondary N) is 3. The minimum Gasteiger partial charge on any atom is -0.357 e. The Morgan fingerprint density at radius 2 is 2.00 bits per heavy atom. The molecule has 3 N–H and O–H groups in total. The molecule has 136 valence electrons. The van der Waals surface area contributed by atoms with Crippen LogP contribution in [0.3, 0.4) is 0 Å². The lowest BCUT2D eigenvalue weighted by Crippen LogP contribution is -2.49. The van der Waals surface area contributed by atoms with Crippen molar-refractivity contribution in [1.29, 1.82) is 0 Å². The lowest BCUT2D eigenvalue weighted by atomic mass is 10.2. The van der Waals surface area contributed by atoms with E-state index in [4.69, 9.17) is 0 Å². The zero-order valence-electron chi connectivity index (χ0n) is 13.6. The molecule has 2 heterocycles. The summed E-state index contributed by atoms with van der Waals surface area (Å²) in [6.45, 7) is 0.0734. The van der Waals surface area contributed by atoms with Gasteiger partial charge >= 0.3 is 0 Å². The predicted octanol–water partition coefficient (Wildman–Crippen LogP) is 0.0936. The molecule has 0 spiro atoms. The molecule has 1 unspecified atom stereocenters. The number of rotatable bonds is 6. The van der Waals surface area contributed by atoms with Crippen molar-refractivity contribution in [2.75, 3.05) is 26.7 Å². The van der Waals surface area contributed by atoms with Crippen molar-refractivity contribution in [3.05, 3.63) is 20.8 Å². The van der Waals surface area contributed by atoms with Crippen molar-refractivity contribution >= 4 is 50.9 Å². The SMILES string of the molecule is CNC(=O)C1CCCN1C(=O)CNC(=O)CNC(=O)c1ccc(Br)s1. The highest BCUT2D eigenvalue weighted by Gasteiger charge is 2.33. The Bertz CT molecular complexity index is 678. The number of hydrogen-bond acceptors (Lipinski definition) is 5. The Hall–Kier alpha value is -1.94. The molecule has 0 saturated carbocycles. The minimum atomic E-state index is -0.480. The average molecular weight is 431 g/mol. The molecule has 8 nitrogen and oxygen atoms in total. The molecule has 1 aromatic heterocycles. The molecular formula is C15H19BrN4O4S. The quantitative estimate of drug-likeness (QED) is 0.594. The summed E-state index contributed by atoms with van der Waals surface area (Å²) >= 11 is 4.52. The fourth-order valence-electron chi connectivity index (χ4n) is 2.53. The summed E-state index contributed by atoms with van der Waals surface area (Å²) in [4.78, 5) is 49.5. The first-order valence-corrected chi connectivity index (χ1v) is 9.34. The predicted molar refractivity (Wildman–Crippen MR) is 96.2 cm³/mol. The molecule has 1 aliphatic heterocycles. The summed E-state index contributed by atoms with van der Waals surface area (Å²) in [5, 5.41) is 7.49. The first-order chi connectivity index (χ1) is 11.9. The largest absolute Gasteiger partial charge is 0.357 e.